The van der Waals surface area contributed by atoms with E-state index in [-0.39, 0.29) is 0 Å². The van der Waals surface area contributed by atoms with Crippen LogP contribution in [0.1, 0.15) is 16.1 Å². The van der Waals surface area contributed by atoms with Gasteiger partial charge in [0.1, 0.15) is 15.8 Å². The van der Waals surface area contributed by atoms with Gasteiger partial charge in [0.25, 0.3) is 0 Å². The third kappa shape index (κ3) is 1.57. The fraction of sp³-hybridized carbons (Fsp3) is 0.333. The van der Waals surface area contributed by atoms with Gasteiger partial charge in [0.2, 0.25) is 0 Å². The van der Waals surface area contributed by atoms with E-state index in [0.717, 1.165) is 35.4 Å². The highest BCUT2D eigenvalue weighted by atomic mass is 32.1. The first-order valence-corrected chi connectivity index (χ1v) is 6.30. The Hall–Kier alpha value is -1.64. The van der Waals surface area contributed by atoms with Crippen LogP contribution in [-0.4, -0.2) is 23.5 Å². The number of nitrogen functional groups attached to an aromatic ring is 1. The summed E-state index contributed by atoms with van der Waals surface area (Å²) in [6.45, 7) is 1.95. The molecule has 0 amide bonds. The number of aromatic nitrogens is 1. The lowest BCUT2D eigenvalue weighted by Gasteiger charge is -2.23. The molecule has 0 unspecified atom stereocenters. The summed E-state index contributed by atoms with van der Waals surface area (Å²) in [6, 6.07) is 4.22. The lowest BCUT2D eigenvalue weighted by molar-refractivity contribution is 0.310. The van der Waals surface area contributed by atoms with Gasteiger partial charge in [0, 0.05) is 30.6 Å². The Kier molecular flexibility index (Phi) is 2.28. The van der Waals surface area contributed by atoms with Crippen molar-refractivity contribution in [2.75, 3.05) is 19.3 Å². The van der Waals surface area contributed by atoms with E-state index in [0.29, 0.717) is 10.6 Å². The van der Waals surface area contributed by atoms with E-state index in [1.807, 2.05) is 0 Å². The van der Waals surface area contributed by atoms with E-state index >= 15 is 0 Å². The smallest absolute Gasteiger partial charge is 0.130 e. The molecule has 3 rings (SSSR count). The van der Waals surface area contributed by atoms with E-state index in [9.17, 15) is 0 Å². The predicted octanol–water partition coefficient (Wildman–Crippen LogP) is 1.74. The van der Waals surface area contributed by atoms with Crippen molar-refractivity contribution in [3.05, 3.63) is 22.2 Å². The first-order chi connectivity index (χ1) is 8.19. The summed E-state index contributed by atoms with van der Waals surface area (Å²) in [7, 11) is 2.10. The summed E-state index contributed by atoms with van der Waals surface area (Å²) in [5.74, 6) is 0. The predicted molar refractivity (Wildman–Crippen MR) is 68.8 cm³/mol. The highest BCUT2D eigenvalue weighted by Gasteiger charge is 2.18. The number of likely N-dealkylation sites (N-methyl/N-ethyl adjacent to an activating group) is 1. The molecule has 86 valence electrons. The van der Waals surface area contributed by atoms with Gasteiger partial charge in [-0.2, -0.15) is 5.26 Å². The molecule has 0 atom stereocenters. The Morgan fingerprint density at radius 3 is 3.18 bits per heavy atom. The van der Waals surface area contributed by atoms with Gasteiger partial charge in [-0.15, -0.1) is 11.3 Å². The maximum atomic E-state index is 8.97. The van der Waals surface area contributed by atoms with Crippen molar-refractivity contribution in [3.63, 3.8) is 0 Å². The molecule has 2 aromatic rings. The van der Waals surface area contributed by atoms with Crippen molar-refractivity contribution in [1.82, 2.24) is 9.88 Å². The molecule has 0 saturated carbocycles. The third-order valence-corrected chi connectivity index (χ3v) is 4.18. The molecule has 1 aliphatic rings. The lowest BCUT2D eigenvalue weighted by Crippen LogP contribution is -2.27. The second-order valence-corrected chi connectivity index (χ2v) is 5.39. The molecule has 0 fully saturated rings. The van der Waals surface area contributed by atoms with E-state index in [2.05, 4.69) is 29.1 Å². The van der Waals surface area contributed by atoms with Gasteiger partial charge in [0.05, 0.1) is 5.69 Å². The molecule has 17 heavy (non-hydrogen) atoms. The Morgan fingerprint density at radius 2 is 2.41 bits per heavy atom. The third-order valence-electron chi connectivity index (χ3n) is 3.16. The number of hydrogen-bond acceptors (Lipinski definition) is 5. The van der Waals surface area contributed by atoms with Crippen molar-refractivity contribution >= 4 is 27.2 Å². The molecule has 0 aliphatic carbocycles. The fourth-order valence-electron chi connectivity index (χ4n) is 2.22. The van der Waals surface area contributed by atoms with Crippen molar-refractivity contribution in [2.24, 2.45) is 0 Å². The maximum Gasteiger partial charge on any atom is 0.130 e. The average Bonchev–Trinajstić information content (AvgIpc) is 2.63. The summed E-state index contributed by atoms with van der Waals surface area (Å²) in [4.78, 5) is 8.37. The summed E-state index contributed by atoms with van der Waals surface area (Å²) in [5, 5.41) is 9.90. The van der Waals surface area contributed by atoms with Crippen LogP contribution in [-0.2, 0) is 13.0 Å². The minimum absolute atomic E-state index is 0.572. The molecule has 2 aromatic heterocycles. The molecule has 0 radical (unpaired) electrons. The molecule has 2 N–H and O–H groups in total. The van der Waals surface area contributed by atoms with E-state index < -0.39 is 0 Å². The molecular formula is C12H12N4S. The summed E-state index contributed by atoms with van der Waals surface area (Å²) >= 11 is 1.39. The molecule has 1 aliphatic heterocycles. The Balaban J connectivity index is 2.24. The average molecular weight is 244 g/mol. The second kappa shape index (κ2) is 3.69. The van der Waals surface area contributed by atoms with Crippen LogP contribution in [0.25, 0.3) is 10.2 Å². The first kappa shape index (κ1) is 10.5. The Morgan fingerprint density at radius 1 is 1.59 bits per heavy atom. The minimum Gasteiger partial charge on any atom is -0.396 e. The van der Waals surface area contributed by atoms with Gasteiger partial charge >= 0.3 is 0 Å². The zero-order chi connectivity index (χ0) is 12.0. The van der Waals surface area contributed by atoms with E-state index in [1.54, 1.807) is 0 Å². The van der Waals surface area contributed by atoms with Gasteiger partial charge in [-0.1, -0.05) is 0 Å². The molecule has 0 saturated heterocycles. The quantitative estimate of drug-likeness (QED) is 0.766. The number of hydrogen-bond donors (Lipinski definition) is 1. The molecule has 5 heteroatoms. The monoisotopic (exact) mass is 244 g/mol. The van der Waals surface area contributed by atoms with Crippen LogP contribution >= 0.6 is 11.3 Å². The van der Waals surface area contributed by atoms with Gasteiger partial charge in [-0.25, -0.2) is 4.98 Å². The van der Waals surface area contributed by atoms with Crippen molar-refractivity contribution in [3.8, 4) is 6.07 Å². The molecule has 0 aromatic carbocycles. The number of nitrogens with two attached hydrogens (primary N) is 1. The van der Waals surface area contributed by atoms with Gasteiger partial charge in [0.15, 0.2) is 0 Å². The zero-order valence-corrected chi connectivity index (χ0v) is 10.3. The van der Waals surface area contributed by atoms with Gasteiger partial charge in [-0.05, 0) is 18.7 Å². The summed E-state index contributed by atoms with van der Waals surface area (Å²) < 4.78 is 0. The number of thiophene rings is 1. The second-order valence-electron chi connectivity index (χ2n) is 4.39. The van der Waals surface area contributed by atoms with Crippen LogP contribution in [0.3, 0.4) is 0 Å². The van der Waals surface area contributed by atoms with Crippen LogP contribution in [0.15, 0.2) is 6.07 Å². The number of fused-ring (bicyclic) bond motifs is 2. The van der Waals surface area contributed by atoms with Crippen LogP contribution in [0.4, 0.5) is 5.69 Å². The number of pyridine rings is 1. The minimum atomic E-state index is 0.572. The van der Waals surface area contributed by atoms with Crippen molar-refractivity contribution in [1.29, 1.82) is 5.26 Å². The maximum absolute atomic E-state index is 8.97. The molecule has 4 nitrogen and oxygen atoms in total. The summed E-state index contributed by atoms with van der Waals surface area (Å²) in [6.07, 6.45) is 0.974. The first-order valence-electron chi connectivity index (χ1n) is 5.48. The van der Waals surface area contributed by atoms with Crippen LogP contribution in [0.2, 0.25) is 0 Å². The molecule has 0 spiro atoms. The molecule has 3 heterocycles. The molecular weight excluding hydrogens is 232 g/mol. The van der Waals surface area contributed by atoms with E-state index in [4.69, 9.17) is 11.0 Å². The van der Waals surface area contributed by atoms with Gasteiger partial charge in [-0.3, -0.25) is 0 Å². The summed E-state index contributed by atoms with van der Waals surface area (Å²) in [5.41, 5.74) is 8.92. The van der Waals surface area contributed by atoms with Crippen LogP contribution in [0.5, 0.6) is 0 Å². The Labute approximate surface area is 103 Å². The largest absolute Gasteiger partial charge is 0.396 e. The highest BCUT2D eigenvalue weighted by molar-refractivity contribution is 7.19. The van der Waals surface area contributed by atoms with E-state index in [1.165, 1.54) is 16.9 Å². The lowest BCUT2D eigenvalue weighted by atomic mass is 10.0. The SMILES string of the molecule is CN1CCc2nc3sc(C#N)c(N)c3cc2C1. The van der Waals surface area contributed by atoms with Crippen LogP contribution in [0, 0.1) is 11.3 Å². The standard InChI is InChI=1S/C12H12N4S/c1-16-3-2-9-7(6-16)4-8-11(14)10(5-13)17-12(8)15-9/h4H,2-3,6,14H2,1H3. The fourth-order valence-corrected chi connectivity index (χ4v) is 3.12. The number of rotatable bonds is 0. The van der Waals surface area contributed by atoms with Crippen molar-refractivity contribution < 1.29 is 0 Å². The van der Waals surface area contributed by atoms with Crippen LogP contribution < -0.4 is 5.73 Å². The zero-order valence-electron chi connectivity index (χ0n) is 9.53. The number of nitriles is 1. The Bertz CT molecular complexity index is 638. The number of nitrogens with zero attached hydrogens (tertiary/aromatic N) is 3. The highest BCUT2D eigenvalue weighted by Crippen LogP contribution is 2.34. The normalized spacial score (nSPS) is 15.8. The van der Waals surface area contributed by atoms with Gasteiger partial charge < -0.3 is 10.6 Å². The topological polar surface area (TPSA) is 65.9 Å². The van der Waals surface area contributed by atoms with Crippen molar-refractivity contribution in [2.45, 2.75) is 13.0 Å². The number of anilines is 1. The molecule has 0 bridgehead atoms.